The van der Waals surface area contributed by atoms with Gasteiger partial charge in [-0.3, -0.25) is 0 Å². The third-order valence-electron chi connectivity index (χ3n) is 1.86. The van der Waals surface area contributed by atoms with E-state index in [4.69, 9.17) is 7.85 Å². The first-order valence-electron chi connectivity index (χ1n) is 3.96. The zero-order valence-electron chi connectivity index (χ0n) is 7.89. The van der Waals surface area contributed by atoms with Crippen LogP contribution >= 0.6 is 0 Å². The summed E-state index contributed by atoms with van der Waals surface area (Å²) in [6, 6.07) is 3.85. The van der Waals surface area contributed by atoms with Crippen LogP contribution in [0.2, 0.25) is 0 Å². The monoisotopic (exact) mass is 199 g/mol. The second-order valence-corrected chi connectivity index (χ2v) is 3.16. The minimum Gasteiger partial charge on any atom is -0.378 e. The Bertz CT molecular complexity index is 333. The largest absolute Gasteiger partial charge is 0.415 e. The van der Waals surface area contributed by atoms with Gasteiger partial charge in [0.2, 0.25) is 0 Å². The summed E-state index contributed by atoms with van der Waals surface area (Å²) in [5.74, 6) is 0. The van der Waals surface area contributed by atoms with E-state index in [0.717, 1.165) is 6.07 Å². The van der Waals surface area contributed by atoms with Crippen molar-refractivity contribution in [2.24, 2.45) is 0 Å². The van der Waals surface area contributed by atoms with Gasteiger partial charge in [-0.25, -0.2) is 0 Å². The highest BCUT2D eigenvalue weighted by atomic mass is 19.4. The molecule has 0 heterocycles. The first-order chi connectivity index (χ1) is 6.32. The Labute approximate surface area is 81.9 Å². The Balaban J connectivity index is 3.22. The number of nitrogens with zero attached hydrogens (tertiary/aromatic N) is 1. The van der Waals surface area contributed by atoms with E-state index in [9.17, 15) is 13.2 Å². The van der Waals surface area contributed by atoms with Crippen molar-refractivity contribution in [3.05, 3.63) is 23.8 Å². The highest BCUT2D eigenvalue weighted by Crippen LogP contribution is 2.29. The molecule has 2 radical (unpaired) electrons. The van der Waals surface area contributed by atoms with Crippen molar-refractivity contribution >= 4 is 19.0 Å². The van der Waals surface area contributed by atoms with Crippen LogP contribution in [0.25, 0.3) is 0 Å². The van der Waals surface area contributed by atoms with Crippen LogP contribution in [0.5, 0.6) is 0 Å². The van der Waals surface area contributed by atoms with Crippen LogP contribution in [-0.2, 0) is 6.18 Å². The number of hydrogen-bond acceptors (Lipinski definition) is 1. The quantitative estimate of drug-likeness (QED) is 0.620. The standard InChI is InChI=1S/C9H9BF3N/c1-14(2)6-3-4-8(10)7(5-6)9(11,12)13/h3-5H,1-2H3. The zero-order valence-corrected chi connectivity index (χ0v) is 7.89. The maximum Gasteiger partial charge on any atom is 0.415 e. The van der Waals surface area contributed by atoms with E-state index in [1.54, 1.807) is 25.1 Å². The van der Waals surface area contributed by atoms with Crippen LogP contribution in [0.1, 0.15) is 5.56 Å². The average molecular weight is 199 g/mol. The molecule has 0 fully saturated rings. The normalized spacial score (nSPS) is 11.5. The molecule has 0 N–H and O–H groups in total. The van der Waals surface area contributed by atoms with E-state index in [1.807, 2.05) is 0 Å². The van der Waals surface area contributed by atoms with E-state index in [0.29, 0.717) is 5.69 Å². The van der Waals surface area contributed by atoms with Gasteiger partial charge in [-0.15, -0.1) is 0 Å². The summed E-state index contributed by atoms with van der Waals surface area (Å²) in [6.45, 7) is 0. The summed E-state index contributed by atoms with van der Waals surface area (Å²) in [5.41, 5.74) is -0.557. The average Bonchev–Trinajstić information content (AvgIpc) is 2.02. The third-order valence-corrected chi connectivity index (χ3v) is 1.86. The molecular weight excluding hydrogens is 190 g/mol. The fourth-order valence-electron chi connectivity index (χ4n) is 1.07. The van der Waals surface area contributed by atoms with Gasteiger partial charge in [0.1, 0.15) is 7.85 Å². The Morgan fingerprint density at radius 3 is 2.21 bits per heavy atom. The molecule has 0 saturated carbocycles. The topological polar surface area (TPSA) is 3.24 Å². The van der Waals surface area contributed by atoms with E-state index in [1.165, 1.54) is 6.07 Å². The SMILES string of the molecule is [B]c1ccc(N(C)C)cc1C(F)(F)F. The molecule has 0 aliphatic rings. The van der Waals surface area contributed by atoms with Crippen LogP contribution in [-0.4, -0.2) is 21.9 Å². The second-order valence-electron chi connectivity index (χ2n) is 3.16. The molecule has 0 spiro atoms. The lowest BCUT2D eigenvalue weighted by Crippen LogP contribution is -2.21. The number of halogens is 3. The summed E-state index contributed by atoms with van der Waals surface area (Å²) in [6.07, 6.45) is -4.39. The van der Waals surface area contributed by atoms with Gasteiger partial charge in [0.05, 0.1) is 5.56 Å². The molecule has 1 aromatic rings. The molecular formula is C9H9BF3N. The lowest BCUT2D eigenvalue weighted by Gasteiger charge is -2.17. The Morgan fingerprint density at radius 2 is 1.79 bits per heavy atom. The first-order valence-corrected chi connectivity index (χ1v) is 3.96. The molecule has 0 unspecified atom stereocenters. The van der Waals surface area contributed by atoms with E-state index in [2.05, 4.69) is 0 Å². The van der Waals surface area contributed by atoms with E-state index in [-0.39, 0.29) is 5.46 Å². The lowest BCUT2D eigenvalue weighted by molar-refractivity contribution is -0.136. The molecule has 0 amide bonds. The number of alkyl halides is 3. The Hall–Kier alpha value is -1.13. The molecule has 14 heavy (non-hydrogen) atoms. The molecule has 74 valence electrons. The predicted octanol–water partition coefficient (Wildman–Crippen LogP) is 1.57. The summed E-state index contributed by atoms with van der Waals surface area (Å²) in [5, 5.41) is 0. The smallest absolute Gasteiger partial charge is 0.378 e. The van der Waals surface area contributed by atoms with Crippen molar-refractivity contribution in [2.45, 2.75) is 6.18 Å². The molecule has 1 aromatic carbocycles. The molecule has 0 aliphatic carbocycles. The van der Waals surface area contributed by atoms with Crippen LogP contribution in [0.4, 0.5) is 18.9 Å². The van der Waals surface area contributed by atoms with Gasteiger partial charge >= 0.3 is 6.18 Å². The molecule has 5 heteroatoms. The highest BCUT2D eigenvalue weighted by molar-refractivity contribution is 6.33. The van der Waals surface area contributed by atoms with Gasteiger partial charge in [0.25, 0.3) is 0 Å². The number of anilines is 1. The molecule has 0 atom stereocenters. The fourth-order valence-corrected chi connectivity index (χ4v) is 1.07. The summed E-state index contributed by atoms with van der Waals surface area (Å²) < 4.78 is 37.2. The predicted molar refractivity (Wildman–Crippen MR) is 51.2 cm³/mol. The van der Waals surface area contributed by atoms with Crippen molar-refractivity contribution in [1.29, 1.82) is 0 Å². The van der Waals surface area contributed by atoms with Gasteiger partial charge in [0.15, 0.2) is 0 Å². The maximum atomic E-state index is 12.4. The minimum atomic E-state index is -4.39. The van der Waals surface area contributed by atoms with Crippen LogP contribution in [0, 0.1) is 0 Å². The van der Waals surface area contributed by atoms with Crippen LogP contribution < -0.4 is 10.4 Å². The minimum absolute atomic E-state index is 0.247. The summed E-state index contributed by atoms with van der Waals surface area (Å²) in [4.78, 5) is 1.59. The van der Waals surface area contributed by atoms with Gasteiger partial charge in [0, 0.05) is 19.8 Å². The molecule has 0 bridgehead atoms. The van der Waals surface area contributed by atoms with Gasteiger partial charge in [-0.2, -0.15) is 13.2 Å². The van der Waals surface area contributed by atoms with Crippen LogP contribution in [0.3, 0.4) is 0 Å². The van der Waals surface area contributed by atoms with Crippen molar-refractivity contribution in [3.63, 3.8) is 0 Å². The molecule has 0 aliphatic heterocycles. The zero-order chi connectivity index (χ0) is 10.9. The molecule has 0 aromatic heterocycles. The molecule has 0 saturated heterocycles. The van der Waals surface area contributed by atoms with Crippen molar-refractivity contribution < 1.29 is 13.2 Å². The van der Waals surface area contributed by atoms with Crippen molar-refractivity contribution in [3.8, 4) is 0 Å². The van der Waals surface area contributed by atoms with Crippen molar-refractivity contribution in [1.82, 2.24) is 0 Å². The van der Waals surface area contributed by atoms with Gasteiger partial charge < -0.3 is 4.90 Å². The Morgan fingerprint density at radius 1 is 1.21 bits per heavy atom. The number of benzene rings is 1. The van der Waals surface area contributed by atoms with E-state index < -0.39 is 11.7 Å². The first kappa shape index (κ1) is 11.0. The van der Waals surface area contributed by atoms with Crippen molar-refractivity contribution in [2.75, 3.05) is 19.0 Å². The van der Waals surface area contributed by atoms with Gasteiger partial charge in [-0.05, 0) is 12.1 Å². The molecule has 1 rings (SSSR count). The van der Waals surface area contributed by atoms with Gasteiger partial charge in [-0.1, -0.05) is 11.5 Å². The number of hydrogen-bond donors (Lipinski definition) is 0. The summed E-state index contributed by atoms with van der Waals surface area (Å²) >= 11 is 0. The van der Waals surface area contributed by atoms with E-state index >= 15 is 0 Å². The number of rotatable bonds is 1. The highest BCUT2D eigenvalue weighted by Gasteiger charge is 2.32. The maximum absolute atomic E-state index is 12.4. The lowest BCUT2D eigenvalue weighted by atomic mass is 9.90. The van der Waals surface area contributed by atoms with Crippen LogP contribution in [0.15, 0.2) is 18.2 Å². The Kier molecular flexibility index (Phi) is 2.78. The fraction of sp³-hybridized carbons (Fsp3) is 0.333. The molecule has 1 nitrogen and oxygen atoms in total. The second kappa shape index (κ2) is 3.56. The summed E-state index contributed by atoms with van der Waals surface area (Å²) in [7, 11) is 8.58. The third kappa shape index (κ3) is 2.22.